The number of anilines is 1. The maximum Gasteiger partial charge on any atom is 0.137 e. The summed E-state index contributed by atoms with van der Waals surface area (Å²) in [5.41, 5.74) is 2.03. The first-order valence-corrected chi connectivity index (χ1v) is 7.36. The first-order chi connectivity index (χ1) is 10.0. The SMILES string of the molecule is CCc1nc(Cl)c(C)c(NC(C)c2ccc(OC)cc2)n1. The van der Waals surface area contributed by atoms with Crippen molar-refractivity contribution in [2.75, 3.05) is 12.4 Å². The monoisotopic (exact) mass is 305 g/mol. The van der Waals surface area contributed by atoms with E-state index in [9.17, 15) is 0 Å². The van der Waals surface area contributed by atoms with Crippen molar-refractivity contribution in [1.82, 2.24) is 9.97 Å². The molecule has 0 aliphatic carbocycles. The molecule has 0 spiro atoms. The van der Waals surface area contributed by atoms with Gasteiger partial charge in [-0.2, -0.15) is 0 Å². The van der Waals surface area contributed by atoms with Gasteiger partial charge in [-0.3, -0.25) is 0 Å². The fourth-order valence-electron chi connectivity index (χ4n) is 2.01. The van der Waals surface area contributed by atoms with Crippen molar-refractivity contribution in [3.63, 3.8) is 0 Å². The quantitative estimate of drug-likeness (QED) is 0.842. The van der Waals surface area contributed by atoms with Crippen molar-refractivity contribution >= 4 is 17.4 Å². The van der Waals surface area contributed by atoms with Crippen LogP contribution in [0.4, 0.5) is 5.82 Å². The van der Waals surface area contributed by atoms with Gasteiger partial charge in [0.15, 0.2) is 0 Å². The van der Waals surface area contributed by atoms with Crippen LogP contribution in [0.2, 0.25) is 5.15 Å². The average Bonchev–Trinajstić information content (AvgIpc) is 2.51. The van der Waals surface area contributed by atoms with E-state index in [-0.39, 0.29) is 6.04 Å². The number of nitrogens with one attached hydrogen (secondary N) is 1. The summed E-state index contributed by atoms with van der Waals surface area (Å²) in [6, 6.07) is 8.09. The molecule has 1 aromatic heterocycles. The van der Waals surface area contributed by atoms with Crippen LogP contribution < -0.4 is 10.1 Å². The van der Waals surface area contributed by atoms with Crippen molar-refractivity contribution in [3.05, 3.63) is 46.4 Å². The number of rotatable bonds is 5. The summed E-state index contributed by atoms with van der Waals surface area (Å²) < 4.78 is 5.17. The Labute approximate surface area is 130 Å². The number of hydrogen-bond acceptors (Lipinski definition) is 4. The molecule has 1 N–H and O–H groups in total. The van der Waals surface area contributed by atoms with E-state index in [2.05, 4.69) is 22.2 Å². The highest BCUT2D eigenvalue weighted by molar-refractivity contribution is 6.30. The zero-order chi connectivity index (χ0) is 15.4. The summed E-state index contributed by atoms with van der Waals surface area (Å²) in [6.07, 6.45) is 0.756. The van der Waals surface area contributed by atoms with Crippen LogP contribution in [-0.4, -0.2) is 17.1 Å². The normalized spacial score (nSPS) is 12.0. The van der Waals surface area contributed by atoms with Gasteiger partial charge in [0.1, 0.15) is 22.5 Å². The maximum atomic E-state index is 6.16. The smallest absolute Gasteiger partial charge is 0.137 e. The summed E-state index contributed by atoms with van der Waals surface area (Å²) in [5, 5.41) is 3.91. The van der Waals surface area contributed by atoms with Crippen LogP contribution in [0.25, 0.3) is 0 Å². The highest BCUT2D eigenvalue weighted by Crippen LogP contribution is 2.25. The molecular formula is C16H20ClN3O. The molecule has 0 aliphatic rings. The lowest BCUT2D eigenvalue weighted by atomic mass is 10.1. The highest BCUT2D eigenvalue weighted by Gasteiger charge is 2.12. The van der Waals surface area contributed by atoms with Crippen molar-refractivity contribution in [2.24, 2.45) is 0 Å². The van der Waals surface area contributed by atoms with Gasteiger partial charge in [-0.25, -0.2) is 9.97 Å². The molecule has 0 aliphatic heterocycles. The van der Waals surface area contributed by atoms with Crippen molar-refractivity contribution in [3.8, 4) is 5.75 Å². The predicted molar refractivity (Wildman–Crippen MR) is 86.2 cm³/mol. The first-order valence-electron chi connectivity index (χ1n) is 6.98. The lowest BCUT2D eigenvalue weighted by Crippen LogP contribution is -2.11. The first kappa shape index (κ1) is 15.6. The van der Waals surface area contributed by atoms with Gasteiger partial charge in [-0.05, 0) is 31.5 Å². The van der Waals surface area contributed by atoms with Crippen LogP contribution >= 0.6 is 11.6 Å². The molecule has 4 nitrogen and oxygen atoms in total. The lowest BCUT2D eigenvalue weighted by molar-refractivity contribution is 0.414. The topological polar surface area (TPSA) is 47.0 Å². The maximum absolute atomic E-state index is 6.16. The number of benzene rings is 1. The third-order valence-corrected chi connectivity index (χ3v) is 3.79. The number of aryl methyl sites for hydroxylation is 1. The van der Waals surface area contributed by atoms with Gasteiger partial charge >= 0.3 is 0 Å². The molecule has 1 heterocycles. The molecule has 1 atom stereocenters. The molecule has 1 unspecified atom stereocenters. The minimum atomic E-state index is 0.116. The Bertz CT molecular complexity index is 614. The van der Waals surface area contributed by atoms with Gasteiger partial charge in [0.2, 0.25) is 0 Å². The Kier molecular flexibility index (Phi) is 5.02. The number of aromatic nitrogens is 2. The molecule has 112 valence electrons. The van der Waals surface area contributed by atoms with E-state index in [1.807, 2.05) is 38.1 Å². The largest absolute Gasteiger partial charge is 0.497 e. The molecular weight excluding hydrogens is 286 g/mol. The molecule has 5 heteroatoms. The zero-order valence-electron chi connectivity index (χ0n) is 12.8. The summed E-state index contributed by atoms with van der Waals surface area (Å²) in [4.78, 5) is 8.77. The number of halogens is 1. The molecule has 0 fully saturated rings. The van der Waals surface area contributed by atoms with Crippen LogP contribution in [-0.2, 0) is 6.42 Å². The second-order valence-electron chi connectivity index (χ2n) is 4.90. The molecule has 2 rings (SSSR count). The van der Waals surface area contributed by atoms with E-state index in [0.29, 0.717) is 5.15 Å². The van der Waals surface area contributed by atoms with Gasteiger partial charge in [0.05, 0.1) is 7.11 Å². The number of hydrogen-bond donors (Lipinski definition) is 1. The van der Waals surface area contributed by atoms with Crippen LogP contribution in [0.5, 0.6) is 5.75 Å². The van der Waals surface area contributed by atoms with Crippen molar-refractivity contribution in [2.45, 2.75) is 33.2 Å². The Balaban J connectivity index is 2.22. The highest BCUT2D eigenvalue weighted by atomic mass is 35.5. The van der Waals surface area contributed by atoms with Gasteiger partial charge in [-0.1, -0.05) is 30.7 Å². The molecule has 21 heavy (non-hydrogen) atoms. The second kappa shape index (κ2) is 6.76. The van der Waals surface area contributed by atoms with E-state index in [1.165, 1.54) is 0 Å². The van der Waals surface area contributed by atoms with Gasteiger partial charge in [0, 0.05) is 18.0 Å². The third-order valence-electron chi connectivity index (χ3n) is 3.42. The minimum absolute atomic E-state index is 0.116. The Morgan fingerprint density at radius 2 is 1.90 bits per heavy atom. The number of ether oxygens (including phenoxy) is 1. The van der Waals surface area contributed by atoms with E-state index < -0.39 is 0 Å². The standard InChI is InChI=1S/C16H20ClN3O/c1-5-14-19-15(17)10(2)16(20-14)18-11(3)12-6-8-13(21-4)9-7-12/h6-9,11H,5H2,1-4H3,(H,18,19,20). The van der Waals surface area contributed by atoms with E-state index in [1.54, 1.807) is 7.11 Å². The van der Waals surface area contributed by atoms with E-state index >= 15 is 0 Å². The van der Waals surface area contributed by atoms with E-state index in [0.717, 1.165) is 34.9 Å². The minimum Gasteiger partial charge on any atom is -0.497 e. The molecule has 2 aromatic rings. The molecule has 0 radical (unpaired) electrons. The van der Waals surface area contributed by atoms with Crippen molar-refractivity contribution < 1.29 is 4.74 Å². The van der Waals surface area contributed by atoms with Gasteiger partial charge in [0.25, 0.3) is 0 Å². The van der Waals surface area contributed by atoms with Crippen LogP contribution in [0.1, 0.15) is 36.8 Å². The Morgan fingerprint density at radius 1 is 1.24 bits per heavy atom. The van der Waals surface area contributed by atoms with Gasteiger partial charge < -0.3 is 10.1 Å². The average molecular weight is 306 g/mol. The summed E-state index contributed by atoms with van der Waals surface area (Å²) >= 11 is 6.16. The Morgan fingerprint density at radius 3 is 2.48 bits per heavy atom. The van der Waals surface area contributed by atoms with Gasteiger partial charge in [-0.15, -0.1) is 0 Å². The van der Waals surface area contributed by atoms with Crippen LogP contribution in [0, 0.1) is 6.92 Å². The summed E-state index contributed by atoms with van der Waals surface area (Å²) in [5.74, 6) is 2.38. The molecule has 1 aromatic carbocycles. The lowest BCUT2D eigenvalue weighted by Gasteiger charge is -2.18. The second-order valence-corrected chi connectivity index (χ2v) is 5.26. The third kappa shape index (κ3) is 3.64. The zero-order valence-corrected chi connectivity index (χ0v) is 13.5. The summed E-state index contributed by atoms with van der Waals surface area (Å²) in [7, 11) is 1.66. The molecule has 0 amide bonds. The molecule has 0 saturated carbocycles. The number of methoxy groups -OCH3 is 1. The fraction of sp³-hybridized carbons (Fsp3) is 0.375. The van der Waals surface area contributed by atoms with Crippen molar-refractivity contribution in [1.29, 1.82) is 0 Å². The molecule has 0 bridgehead atoms. The molecule has 0 saturated heterocycles. The van der Waals surface area contributed by atoms with E-state index in [4.69, 9.17) is 16.3 Å². The van der Waals surface area contributed by atoms with Crippen LogP contribution in [0.15, 0.2) is 24.3 Å². The fourth-order valence-corrected chi connectivity index (χ4v) is 2.20. The Hall–Kier alpha value is -1.81. The predicted octanol–water partition coefficient (Wildman–Crippen LogP) is 4.18. The van der Waals surface area contributed by atoms with Crippen LogP contribution in [0.3, 0.4) is 0 Å². The summed E-state index contributed by atoms with van der Waals surface area (Å²) in [6.45, 7) is 6.02. The number of nitrogens with zero attached hydrogens (tertiary/aromatic N) is 2.